The zero-order valence-electron chi connectivity index (χ0n) is 11.1. The van der Waals surface area contributed by atoms with Gasteiger partial charge in [-0.25, -0.2) is 5.43 Å². The van der Waals surface area contributed by atoms with E-state index in [0.717, 1.165) is 21.3 Å². The first kappa shape index (κ1) is 15.3. The Balaban J connectivity index is 2.31. The summed E-state index contributed by atoms with van der Waals surface area (Å²) in [5.74, 6) is 6.54. The minimum absolute atomic E-state index is 0.124. The summed E-state index contributed by atoms with van der Waals surface area (Å²) in [5.41, 5.74) is 4.86. The summed E-state index contributed by atoms with van der Waals surface area (Å²) < 4.78 is 6.36. The first-order valence-electron chi connectivity index (χ1n) is 6.29. The van der Waals surface area contributed by atoms with Crippen LogP contribution in [0.3, 0.4) is 0 Å². The van der Waals surface area contributed by atoms with E-state index in [-0.39, 0.29) is 6.04 Å². The fraction of sp³-hybridized carbons (Fsp3) is 0.200. The predicted octanol–water partition coefficient (Wildman–Crippen LogP) is 4.05. The van der Waals surface area contributed by atoms with Gasteiger partial charge in [0.25, 0.3) is 0 Å². The molecule has 0 fully saturated rings. The van der Waals surface area contributed by atoms with Crippen LogP contribution in [0.25, 0.3) is 0 Å². The van der Waals surface area contributed by atoms with Crippen LogP contribution in [0.2, 0.25) is 5.02 Å². The fourth-order valence-electron chi connectivity index (χ4n) is 2.05. The molecule has 20 heavy (non-hydrogen) atoms. The van der Waals surface area contributed by atoms with Crippen molar-refractivity contribution in [3.05, 3.63) is 63.1 Å². The Kier molecular flexibility index (Phi) is 5.43. The van der Waals surface area contributed by atoms with Gasteiger partial charge < -0.3 is 4.74 Å². The average Bonchev–Trinajstić information content (AvgIpc) is 2.41. The van der Waals surface area contributed by atoms with Crippen LogP contribution in [0.15, 0.2) is 46.9 Å². The van der Waals surface area contributed by atoms with Crippen LogP contribution < -0.4 is 16.0 Å². The molecule has 1 unspecified atom stereocenters. The number of rotatable bonds is 5. The lowest BCUT2D eigenvalue weighted by molar-refractivity contribution is 0.340. The van der Waals surface area contributed by atoms with Crippen molar-refractivity contribution in [1.29, 1.82) is 0 Å². The van der Waals surface area contributed by atoms with Gasteiger partial charge in [0.05, 0.1) is 12.6 Å². The second-order valence-electron chi connectivity index (χ2n) is 4.30. The van der Waals surface area contributed by atoms with Gasteiger partial charge in [-0.05, 0) is 48.4 Å². The number of benzene rings is 2. The first-order valence-corrected chi connectivity index (χ1v) is 7.46. The number of nitrogens with two attached hydrogens (primary N) is 1. The van der Waals surface area contributed by atoms with Crippen LogP contribution in [-0.2, 0) is 0 Å². The van der Waals surface area contributed by atoms with E-state index in [9.17, 15) is 0 Å². The number of nitrogens with one attached hydrogen (secondary N) is 1. The van der Waals surface area contributed by atoms with Crippen LogP contribution in [0.4, 0.5) is 0 Å². The van der Waals surface area contributed by atoms with Crippen molar-refractivity contribution in [3.8, 4) is 5.75 Å². The van der Waals surface area contributed by atoms with Gasteiger partial charge in [0.1, 0.15) is 5.75 Å². The quantitative estimate of drug-likeness (QED) is 0.628. The van der Waals surface area contributed by atoms with Crippen molar-refractivity contribution in [1.82, 2.24) is 5.43 Å². The van der Waals surface area contributed by atoms with Gasteiger partial charge in [-0.1, -0.05) is 39.7 Å². The lowest BCUT2D eigenvalue weighted by atomic mass is 9.99. The molecule has 0 aliphatic heterocycles. The molecular formula is C15H16BrClN2O. The third-order valence-electron chi connectivity index (χ3n) is 2.91. The minimum atomic E-state index is -0.124. The maximum absolute atomic E-state index is 6.09. The van der Waals surface area contributed by atoms with E-state index in [1.54, 1.807) is 0 Å². The van der Waals surface area contributed by atoms with Gasteiger partial charge in [-0.15, -0.1) is 0 Å². The first-order chi connectivity index (χ1) is 9.63. The summed E-state index contributed by atoms with van der Waals surface area (Å²) in [5, 5.41) is 0.667. The van der Waals surface area contributed by atoms with Gasteiger partial charge in [0, 0.05) is 9.50 Å². The van der Waals surface area contributed by atoms with E-state index in [0.29, 0.717) is 11.6 Å². The number of ether oxygens (including phenoxy) is 1. The number of hydrogen-bond donors (Lipinski definition) is 2. The molecular weight excluding hydrogens is 340 g/mol. The van der Waals surface area contributed by atoms with E-state index in [2.05, 4.69) is 21.4 Å². The highest BCUT2D eigenvalue weighted by Gasteiger charge is 2.13. The van der Waals surface area contributed by atoms with E-state index in [1.165, 1.54) is 0 Å². The molecule has 2 aromatic carbocycles. The third-order valence-corrected chi connectivity index (χ3v) is 3.59. The third kappa shape index (κ3) is 3.73. The summed E-state index contributed by atoms with van der Waals surface area (Å²) in [4.78, 5) is 0. The highest BCUT2D eigenvalue weighted by atomic mass is 79.9. The molecule has 0 aromatic heterocycles. The van der Waals surface area contributed by atoms with Gasteiger partial charge in [-0.2, -0.15) is 0 Å². The summed E-state index contributed by atoms with van der Waals surface area (Å²) in [6, 6.07) is 13.5. The highest BCUT2D eigenvalue weighted by Crippen LogP contribution is 2.28. The molecule has 1 atom stereocenters. The Bertz CT molecular complexity index is 554. The minimum Gasteiger partial charge on any atom is -0.494 e. The monoisotopic (exact) mass is 354 g/mol. The fourth-order valence-corrected chi connectivity index (χ4v) is 2.94. The molecule has 0 aliphatic carbocycles. The Labute approximate surface area is 132 Å². The largest absolute Gasteiger partial charge is 0.494 e. The molecule has 0 saturated carbocycles. The van der Waals surface area contributed by atoms with E-state index in [4.69, 9.17) is 22.2 Å². The van der Waals surface area contributed by atoms with Gasteiger partial charge >= 0.3 is 0 Å². The Morgan fingerprint density at radius 1 is 1.20 bits per heavy atom. The van der Waals surface area contributed by atoms with Crippen molar-refractivity contribution in [3.63, 3.8) is 0 Å². The summed E-state index contributed by atoms with van der Waals surface area (Å²) in [6.07, 6.45) is 0. The maximum atomic E-state index is 6.09. The van der Waals surface area contributed by atoms with Crippen molar-refractivity contribution in [2.75, 3.05) is 6.61 Å². The SMILES string of the molecule is CCOc1ccc(C(NN)c2cc(Cl)cc(Br)c2)cc1. The molecule has 0 saturated heterocycles. The molecule has 0 amide bonds. The van der Waals surface area contributed by atoms with E-state index < -0.39 is 0 Å². The number of hydrazine groups is 1. The molecule has 0 radical (unpaired) electrons. The smallest absolute Gasteiger partial charge is 0.119 e. The molecule has 5 heteroatoms. The van der Waals surface area contributed by atoms with Gasteiger partial charge in [0.15, 0.2) is 0 Å². The van der Waals surface area contributed by atoms with Crippen molar-refractivity contribution >= 4 is 27.5 Å². The molecule has 0 bridgehead atoms. The standard InChI is InChI=1S/C15H16BrClN2O/c1-2-20-14-5-3-10(4-6-14)15(19-18)11-7-12(16)9-13(17)8-11/h3-9,15,19H,2,18H2,1H3. The second kappa shape index (κ2) is 7.09. The molecule has 0 heterocycles. The van der Waals surface area contributed by atoms with Crippen LogP contribution >= 0.6 is 27.5 Å². The Morgan fingerprint density at radius 3 is 2.45 bits per heavy atom. The lowest BCUT2D eigenvalue weighted by Gasteiger charge is -2.18. The molecule has 3 nitrogen and oxygen atoms in total. The topological polar surface area (TPSA) is 47.3 Å². The molecule has 2 rings (SSSR count). The summed E-state index contributed by atoms with van der Waals surface area (Å²) in [7, 11) is 0. The van der Waals surface area contributed by atoms with E-state index >= 15 is 0 Å². The van der Waals surface area contributed by atoms with Crippen molar-refractivity contribution in [2.45, 2.75) is 13.0 Å². The Morgan fingerprint density at radius 2 is 1.90 bits per heavy atom. The maximum Gasteiger partial charge on any atom is 0.119 e. The molecule has 3 N–H and O–H groups in total. The van der Waals surface area contributed by atoms with Gasteiger partial charge in [0.2, 0.25) is 0 Å². The van der Waals surface area contributed by atoms with Crippen LogP contribution in [0.5, 0.6) is 5.75 Å². The molecule has 2 aromatic rings. The van der Waals surface area contributed by atoms with Crippen molar-refractivity contribution < 1.29 is 4.74 Å². The average molecular weight is 356 g/mol. The molecule has 106 valence electrons. The zero-order valence-corrected chi connectivity index (χ0v) is 13.4. The van der Waals surface area contributed by atoms with Crippen LogP contribution in [-0.4, -0.2) is 6.61 Å². The number of halogens is 2. The highest BCUT2D eigenvalue weighted by molar-refractivity contribution is 9.10. The summed E-state index contributed by atoms with van der Waals surface area (Å²) in [6.45, 7) is 2.61. The lowest BCUT2D eigenvalue weighted by Crippen LogP contribution is -2.28. The number of hydrogen-bond acceptors (Lipinski definition) is 3. The predicted molar refractivity (Wildman–Crippen MR) is 85.9 cm³/mol. The zero-order chi connectivity index (χ0) is 14.5. The normalized spacial score (nSPS) is 12.2. The second-order valence-corrected chi connectivity index (χ2v) is 5.66. The van der Waals surface area contributed by atoms with Crippen molar-refractivity contribution in [2.24, 2.45) is 5.84 Å². The molecule has 0 aliphatic rings. The Hall–Kier alpha value is -1.07. The van der Waals surface area contributed by atoms with Crippen LogP contribution in [0, 0.1) is 0 Å². The molecule has 0 spiro atoms. The van der Waals surface area contributed by atoms with Gasteiger partial charge in [-0.3, -0.25) is 5.84 Å². The summed E-state index contributed by atoms with van der Waals surface area (Å²) >= 11 is 9.53. The van der Waals surface area contributed by atoms with Crippen LogP contribution in [0.1, 0.15) is 24.1 Å². The van der Waals surface area contributed by atoms with E-state index in [1.807, 2.05) is 49.4 Å².